The van der Waals surface area contributed by atoms with Crippen molar-refractivity contribution < 1.29 is 9.53 Å². The van der Waals surface area contributed by atoms with Gasteiger partial charge in [0.05, 0.1) is 22.8 Å². The molecule has 8 heteroatoms. The second-order valence-electron chi connectivity index (χ2n) is 7.30. The predicted molar refractivity (Wildman–Crippen MR) is 126 cm³/mol. The molecule has 0 saturated carbocycles. The lowest BCUT2D eigenvalue weighted by Crippen LogP contribution is -2.27. The summed E-state index contributed by atoms with van der Waals surface area (Å²) in [6.45, 7) is 5.34. The quantitative estimate of drug-likeness (QED) is 0.278. The molecule has 0 saturated heterocycles. The lowest BCUT2D eigenvalue weighted by Gasteiger charge is -2.14. The molecular weight excluding hydrogens is 434 g/mol. The molecule has 31 heavy (non-hydrogen) atoms. The molecule has 0 spiro atoms. The number of carbonyl (C=O) groups is 1. The second-order valence-corrected chi connectivity index (χ2v) is 8.65. The topological polar surface area (TPSA) is 73.2 Å². The summed E-state index contributed by atoms with van der Waals surface area (Å²) in [5.41, 5.74) is 1.38. The van der Waals surface area contributed by atoms with Crippen LogP contribution in [0.4, 0.5) is 0 Å². The van der Waals surface area contributed by atoms with Gasteiger partial charge in [0.15, 0.2) is 5.16 Å². The van der Waals surface area contributed by atoms with Crippen LogP contribution in [0, 0.1) is 0 Å². The molecule has 164 valence electrons. The van der Waals surface area contributed by atoms with Crippen LogP contribution in [0.2, 0.25) is 5.02 Å². The molecule has 0 fully saturated rings. The van der Waals surface area contributed by atoms with Gasteiger partial charge in [0.1, 0.15) is 0 Å². The minimum atomic E-state index is -0.151. The molecule has 0 aliphatic carbocycles. The Morgan fingerprint density at radius 1 is 1.19 bits per heavy atom. The first-order chi connectivity index (χ1) is 15.0. The van der Waals surface area contributed by atoms with Gasteiger partial charge in [-0.2, -0.15) is 0 Å². The van der Waals surface area contributed by atoms with Crippen molar-refractivity contribution in [3.63, 3.8) is 0 Å². The molecule has 0 radical (unpaired) electrons. The Morgan fingerprint density at radius 2 is 1.94 bits per heavy atom. The van der Waals surface area contributed by atoms with Crippen LogP contribution < -0.4 is 10.9 Å². The number of nitrogens with zero attached hydrogens (tertiary/aromatic N) is 2. The molecule has 3 rings (SSSR count). The molecular formula is C23H26ClN3O3S. The van der Waals surface area contributed by atoms with Crippen LogP contribution >= 0.6 is 23.4 Å². The van der Waals surface area contributed by atoms with Gasteiger partial charge >= 0.3 is 0 Å². The number of carbonyl (C=O) groups excluding carboxylic acids is 1. The average molecular weight is 460 g/mol. The van der Waals surface area contributed by atoms with Crippen molar-refractivity contribution in [1.82, 2.24) is 14.9 Å². The van der Waals surface area contributed by atoms with Crippen molar-refractivity contribution in [3.05, 3.63) is 69.5 Å². The summed E-state index contributed by atoms with van der Waals surface area (Å²) in [5.74, 6) is -0.000386. The van der Waals surface area contributed by atoms with E-state index in [1.807, 2.05) is 50.2 Å². The van der Waals surface area contributed by atoms with Gasteiger partial charge in [0.2, 0.25) is 5.91 Å². The SMILES string of the molecule is CC(C)OCCCn1c(SCC(=O)NCc2ccccc2Cl)nc2ccccc2c1=O. The average Bonchev–Trinajstić information content (AvgIpc) is 2.76. The van der Waals surface area contributed by atoms with E-state index in [-0.39, 0.29) is 23.3 Å². The number of rotatable bonds is 10. The largest absolute Gasteiger partial charge is 0.379 e. The number of aromatic nitrogens is 2. The first-order valence-corrected chi connectivity index (χ1v) is 11.6. The molecule has 0 bridgehead atoms. The third-order valence-electron chi connectivity index (χ3n) is 4.57. The van der Waals surface area contributed by atoms with Crippen LogP contribution in [0.3, 0.4) is 0 Å². The van der Waals surface area contributed by atoms with Gasteiger partial charge in [-0.25, -0.2) is 4.98 Å². The van der Waals surface area contributed by atoms with Crippen molar-refractivity contribution in [3.8, 4) is 0 Å². The fourth-order valence-corrected chi connectivity index (χ4v) is 4.07. The Labute approximate surface area is 191 Å². The number of benzene rings is 2. The molecule has 0 unspecified atom stereocenters. The van der Waals surface area contributed by atoms with E-state index in [2.05, 4.69) is 10.3 Å². The van der Waals surface area contributed by atoms with E-state index in [4.69, 9.17) is 16.3 Å². The van der Waals surface area contributed by atoms with E-state index >= 15 is 0 Å². The number of hydrogen-bond donors (Lipinski definition) is 1. The van der Waals surface area contributed by atoms with E-state index in [1.54, 1.807) is 16.7 Å². The highest BCUT2D eigenvalue weighted by Crippen LogP contribution is 2.19. The minimum Gasteiger partial charge on any atom is -0.379 e. The molecule has 1 heterocycles. The van der Waals surface area contributed by atoms with Crippen LogP contribution in [-0.4, -0.2) is 33.9 Å². The smallest absolute Gasteiger partial charge is 0.262 e. The van der Waals surface area contributed by atoms with Crippen molar-refractivity contribution in [2.75, 3.05) is 12.4 Å². The van der Waals surface area contributed by atoms with Crippen molar-refractivity contribution in [2.24, 2.45) is 0 Å². The number of nitrogens with one attached hydrogen (secondary N) is 1. The van der Waals surface area contributed by atoms with E-state index in [0.29, 0.717) is 47.2 Å². The highest BCUT2D eigenvalue weighted by atomic mass is 35.5. The van der Waals surface area contributed by atoms with E-state index in [0.717, 1.165) is 5.56 Å². The lowest BCUT2D eigenvalue weighted by atomic mass is 10.2. The standard InChI is InChI=1S/C23H26ClN3O3S/c1-16(2)30-13-7-12-27-22(29)18-9-4-6-11-20(18)26-23(27)31-15-21(28)25-14-17-8-3-5-10-19(17)24/h3-6,8-11,16H,7,12-15H2,1-2H3,(H,25,28). The summed E-state index contributed by atoms with van der Waals surface area (Å²) < 4.78 is 7.23. The molecule has 1 amide bonds. The number of halogens is 1. The van der Waals surface area contributed by atoms with Crippen LogP contribution in [0.5, 0.6) is 0 Å². The minimum absolute atomic E-state index is 0.103. The summed E-state index contributed by atoms with van der Waals surface area (Å²) in [6, 6.07) is 14.6. The van der Waals surface area contributed by atoms with Gasteiger partial charge in [-0.15, -0.1) is 0 Å². The predicted octanol–water partition coefficient (Wildman–Crippen LogP) is 4.27. The van der Waals surface area contributed by atoms with Crippen molar-refractivity contribution in [1.29, 1.82) is 0 Å². The molecule has 1 N–H and O–H groups in total. The van der Waals surface area contributed by atoms with Crippen molar-refractivity contribution >= 4 is 40.2 Å². The highest BCUT2D eigenvalue weighted by molar-refractivity contribution is 7.99. The first kappa shape index (κ1) is 23.3. The summed E-state index contributed by atoms with van der Waals surface area (Å²) in [5, 5.41) is 4.58. The summed E-state index contributed by atoms with van der Waals surface area (Å²) in [7, 11) is 0. The number of fused-ring (bicyclic) bond motifs is 1. The Kier molecular flexibility index (Phi) is 8.51. The van der Waals surface area contributed by atoms with Crippen molar-refractivity contribution in [2.45, 2.75) is 44.6 Å². The van der Waals surface area contributed by atoms with E-state index in [1.165, 1.54) is 11.8 Å². The van der Waals surface area contributed by atoms with Gasteiger partial charge in [-0.05, 0) is 44.0 Å². The third kappa shape index (κ3) is 6.56. The lowest BCUT2D eigenvalue weighted by molar-refractivity contribution is -0.118. The molecule has 0 aliphatic rings. The fraction of sp³-hybridized carbons (Fsp3) is 0.348. The van der Waals surface area contributed by atoms with Crippen LogP contribution in [-0.2, 0) is 22.6 Å². The Balaban J connectivity index is 1.70. The van der Waals surface area contributed by atoms with E-state index < -0.39 is 0 Å². The number of hydrogen-bond acceptors (Lipinski definition) is 5. The highest BCUT2D eigenvalue weighted by Gasteiger charge is 2.13. The summed E-state index contributed by atoms with van der Waals surface area (Å²) in [4.78, 5) is 30.0. The maximum absolute atomic E-state index is 13.0. The van der Waals surface area contributed by atoms with Crippen LogP contribution in [0.25, 0.3) is 10.9 Å². The van der Waals surface area contributed by atoms with Gasteiger partial charge in [-0.1, -0.05) is 53.7 Å². The molecule has 2 aromatic carbocycles. The molecule has 1 aromatic heterocycles. The molecule has 0 atom stereocenters. The van der Waals surface area contributed by atoms with Gasteiger partial charge in [0, 0.05) is 24.7 Å². The Bertz CT molecular complexity index is 1100. The zero-order chi connectivity index (χ0) is 22.2. The van der Waals surface area contributed by atoms with E-state index in [9.17, 15) is 9.59 Å². The number of thioether (sulfide) groups is 1. The maximum atomic E-state index is 13.0. The monoisotopic (exact) mass is 459 g/mol. The summed E-state index contributed by atoms with van der Waals surface area (Å²) >= 11 is 7.39. The Hall–Kier alpha value is -2.35. The third-order valence-corrected chi connectivity index (χ3v) is 5.92. The molecule has 3 aromatic rings. The molecule has 0 aliphatic heterocycles. The van der Waals surface area contributed by atoms with Gasteiger partial charge < -0.3 is 10.1 Å². The number of para-hydroxylation sites is 1. The Morgan fingerprint density at radius 3 is 2.71 bits per heavy atom. The van der Waals surface area contributed by atoms with Crippen LogP contribution in [0.15, 0.2) is 58.5 Å². The number of ether oxygens (including phenoxy) is 1. The zero-order valence-electron chi connectivity index (χ0n) is 17.6. The molecule has 6 nitrogen and oxygen atoms in total. The first-order valence-electron chi connectivity index (χ1n) is 10.2. The van der Waals surface area contributed by atoms with Gasteiger partial charge in [0.25, 0.3) is 5.56 Å². The summed E-state index contributed by atoms with van der Waals surface area (Å²) in [6.07, 6.45) is 0.826. The van der Waals surface area contributed by atoms with Crippen LogP contribution in [0.1, 0.15) is 25.8 Å². The fourth-order valence-electron chi connectivity index (χ4n) is 3.01. The normalized spacial score (nSPS) is 11.2. The number of amides is 1. The second kappa shape index (κ2) is 11.3. The van der Waals surface area contributed by atoms with Gasteiger partial charge in [-0.3, -0.25) is 14.2 Å². The maximum Gasteiger partial charge on any atom is 0.262 e. The zero-order valence-corrected chi connectivity index (χ0v) is 19.2.